The van der Waals surface area contributed by atoms with Crippen LogP contribution in [0.1, 0.15) is 11.1 Å². The van der Waals surface area contributed by atoms with Gasteiger partial charge in [0.05, 0.1) is 13.3 Å². The molecule has 0 bridgehead atoms. The SMILES string of the molecule is COc1cc(Br)cc(/C=N/NC2=NS(=O)(=O)c3ccccc32)c1O. The highest BCUT2D eigenvalue weighted by atomic mass is 79.9. The Morgan fingerprint density at radius 2 is 2.08 bits per heavy atom. The monoisotopic (exact) mass is 409 g/mol. The van der Waals surface area contributed by atoms with Crippen LogP contribution in [0.15, 0.2) is 55.3 Å². The molecule has 2 N–H and O–H groups in total. The fourth-order valence-electron chi connectivity index (χ4n) is 2.20. The molecule has 0 fully saturated rings. The van der Waals surface area contributed by atoms with Gasteiger partial charge < -0.3 is 9.84 Å². The van der Waals surface area contributed by atoms with Crippen LogP contribution >= 0.6 is 15.9 Å². The van der Waals surface area contributed by atoms with E-state index in [0.29, 0.717) is 15.6 Å². The van der Waals surface area contributed by atoms with Gasteiger partial charge in [-0.2, -0.15) is 13.5 Å². The van der Waals surface area contributed by atoms with Gasteiger partial charge in [0.1, 0.15) is 4.90 Å². The number of methoxy groups -OCH3 is 1. The number of nitrogens with one attached hydrogen (secondary N) is 1. The first-order chi connectivity index (χ1) is 11.4. The average molecular weight is 410 g/mol. The number of hydrazone groups is 1. The van der Waals surface area contributed by atoms with Gasteiger partial charge in [0, 0.05) is 15.6 Å². The normalized spacial score (nSPS) is 15.2. The number of amidine groups is 1. The molecule has 0 unspecified atom stereocenters. The van der Waals surface area contributed by atoms with Crippen molar-refractivity contribution in [1.29, 1.82) is 0 Å². The van der Waals surface area contributed by atoms with Crippen LogP contribution in [0.5, 0.6) is 11.5 Å². The van der Waals surface area contributed by atoms with Crippen molar-refractivity contribution in [3.63, 3.8) is 0 Å². The zero-order chi connectivity index (χ0) is 17.3. The van der Waals surface area contributed by atoms with E-state index in [4.69, 9.17) is 4.74 Å². The van der Waals surface area contributed by atoms with Crippen LogP contribution in [-0.2, 0) is 10.0 Å². The predicted octanol–water partition coefficient (Wildman–Crippen LogP) is 2.24. The molecule has 0 aromatic heterocycles. The van der Waals surface area contributed by atoms with Gasteiger partial charge in [0.25, 0.3) is 10.0 Å². The maximum atomic E-state index is 11.9. The van der Waals surface area contributed by atoms with Gasteiger partial charge in [-0.1, -0.05) is 28.1 Å². The van der Waals surface area contributed by atoms with E-state index in [1.165, 1.54) is 19.4 Å². The molecule has 0 amide bonds. The van der Waals surface area contributed by atoms with Crippen molar-refractivity contribution in [2.24, 2.45) is 9.50 Å². The average Bonchev–Trinajstić information content (AvgIpc) is 2.82. The van der Waals surface area contributed by atoms with E-state index in [9.17, 15) is 13.5 Å². The number of nitrogens with zero attached hydrogens (tertiary/aromatic N) is 2. The second kappa shape index (κ2) is 6.25. The Morgan fingerprint density at radius 3 is 2.83 bits per heavy atom. The lowest BCUT2D eigenvalue weighted by molar-refractivity contribution is 0.373. The summed E-state index contributed by atoms with van der Waals surface area (Å²) in [5, 5.41) is 14.0. The van der Waals surface area contributed by atoms with E-state index in [1.807, 2.05) is 0 Å². The second-order valence-corrected chi connectivity index (χ2v) is 7.32. The Labute approximate surface area is 146 Å². The van der Waals surface area contributed by atoms with Crippen LogP contribution in [-0.4, -0.2) is 32.7 Å². The molecule has 124 valence electrons. The molecule has 3 rings (SSSR count). The van der Waals surface area contributed by atoms with Gasteiger partial charge in [0.15, 0.2) is 17.3 Å². The zero-order valence-corrected chi connectivity index (χ0v) is 14.8. The molecule has 7 nitrogen and oxygen atoms in total. The summed E-state index contributed by atoms with van der Waals surface area (Å²) in [5.74, 6) is 0.341. The lowest BCUT2D eigenvalue weighted by Crippen LogP contribution is -2.17. The number of phenols is 1. The minimum atomic E-state index is -3.70. The number of ether oxygens (including phenoxy) is 1. The maximum absolute atomic E-state index is 11.9. The highest BCUT2D eigenvalue weighted by molar-refractivity contribution is 9.10. The van der Waals surface area contributed by atoms with E-state index < -0.39 is 10.0 Å². The summed E-state index contributed by atoms with van der Waals surface area (Å²) in [7, 11) is -2.26. The van der Waals surface area contributed by atoms with Crippen LogP contribution in [0.3, 0.4) is 0 Å². The molecular formula is C15H12BrN3O4S. The molecule has 0 spiro atoms. The van der Waals surface area contributed by atoms with Crippen LogP contribution in [0, 0.1) is 0 Å². The lowest BCUT2D eigenvalue weighted by Gasteiger charge is -2.07. The van der Waals surface area contributed by atoms with Crippen molar-refractivity contribution < 1.29 is 18.3 Å². The smallest absolute Gasteiger partial charge is 0.285 e. The number of benzene rings is 2. The number of phenolic OH excluding ortho intramolecular Hbond substituents is 1. The molecule has 0 saturated carbocycles. The quantitative estimate of drug-likeness (QED) is 0.597. The molecule has 0 radical (unpaired) electrons. The fourth-order valence-corrected chi connectivity index (χ4v) is 3.82. The highest BCUT2D eigenvalue weighted by Crippen LogP contribution is 2.32. The Balaban J connectivity index is 1.88. The van der Waals surface area contributed by atoms with Gasteiger partial charge in [-0.3, -0.25) is 5.43 Å². The third-order valence-electron chi connectivity index (χ3n) is 3.29. The largest absolute Gasteiger partial charge is 0.504 e. The van der Waals surface area contributed by atoms with E-state index in [1.54, 1.807) is 30.3 Å². The van der Waals surface area contributed by atoms with Crippen LogP contribution in [0.2, 0.25) is 0 Å². The number of hydrogen-bond acceptors (Lipinski definition) is 6. The molecule has 24 heavy (non-hydrogen) atoms. The highest BCUT2D eigenvalue weighted by Gasteiger charge is 2.28. The molecule has 0 saturated heterocycles. The summed E-state index contributed by atoms with van der Waals surface area (Å²) in [6, 6.07) is 9.72. The molecule has 0 atom stereocenters. The van der Waals surface area contributed by atoms with Crippen LogP contribution in [0.25, 0.3) is 0 Å². The number of hydrogen-bond donors (Lipinski definition) is 2. The van der Waals surface area contributed by atoms with Crippen molar-refractivity contribution in [2.45, 2.75) is 4.90 Å². The standard InChI is InChI=1S/C15H12BrN3O4S/c1-23-12-7-10(16)6-9(14(12)20)8-17-18-15-11-4-2-3-5-13(11)24(21,22)19-15/h2-8,20H,1H3,(H,18,19)/b17-8+. The van der Waals surface area contributed by atoms with Gasteiger partial charge in [-0.05, 0) is 24.3 Å². The molecular weight excluding hydrogens is 398 g/mol. The van der Waals surface area contributed by atoms with Crippen molar-refractivity contribution in [2.75, 3.05) is 7.11 Å². The van der Waals surface area contributed by atoms with E-state index >= 15 is 0 Å². The van der Waals surface area contributed by atoms with Crippen molar-refractivity contribution in [3.8, 4) is 11.5 Å². The van der Waals surface area contributed by atoms with Crippen LogP contribution in [0.4, 0.5) is 0 Å². The fraction of sp³-hybridized carbons (Fsp3) is 0.0667. The third-order valence-corrected chi connectivity index (χ3v) is 5.09. The number of aromatic hydroxyl groups is 1. The summed E-state index contributed by atoms with van der Waals surface area (Å²) < 4.78 is 33.3. The molecule has 0 aliphatic carbocycles. The molecule has 9 heteroatoms. The van der Waals surface area contributed by atoms with E-state index in [0.717, 1.165) is 0 Å². The van der Waals surface area contributed by atoms with Crippen molar-refractivity contribution in [1.82, 2.24) is 5.43 Å². The second-order valence-electron chi connectivity index (χ2n) is 4.83. The summed E-state index contributed by atoms with van der Waals surface area (Å²) in [6.07, 6.45) is 1.35. The molecule has 2 aromatic carbocycles. The zero-order valence-electron chi connectivity index (χ0n) is 12.4. The Morgan fingerprint density at radius 1 is 1.33 bits per heavy atom. The van der Waals surface area contributed by atoms with Crippen LogP contribution < -0.4 is 10.2 Å². The summed E-state index contributed by atoms with van der Waals surface area (Å²) in [4.78, 5) is 0.134. The van der Waals surface area contributed by atoms with E-state index in [2.05, 4.69) is 30.9 Å². The maximum Gasteiger partial charge on any atom is 0.285 e. The summed E-state index contributed by atoms with van der Waals surface area (Å²) in [6.45, 7) is 0. The predicted molar refractivity (Wildman–Crippen MR) is 93.3 cm³/mol. The first kappa shape index (κ1) is 16.5. The van der Waals surface area contributed by atoms with Gasteiger partial charge in [-0.15, -0.1) is 4.40 Å². The molecule has 1 aliphatic heterocycles. The molecule has 2 aromatic rings. The number of sulfonamides is 1. The minimum absolute atomic E-state index is 0.0763. The third kappa shape index (κ3) is 3.00. The van der Waals surface area contributed by atoms with Gasteiger partial charge >= 0.3 is 0 Å². The van der Waals surface area contributed by atoms with Crippen molar-refractivity contribution >= 4 is 38.0 Å². The topological polar surface area (TPSA) is 100 Å². The first-order valence-corrected chi connectivity index (χ1v) is 8.95. The van der Waals surface area contributed by atoms with Crippen molar-refractivity contribution in [3.05, 3.63) is 52.0 Å². The van der Waals surface area contributed by atoms with Gasteiger partial charge in [0.2, 0.25) is 0 Å². The van der Waals surface area contributed by atoms with Gasteiger partial charge in [-0.25, -0.2) is 0 Å². The van der Waals surface area contributed by atoms with E-state index in [-0.39, 0.29) is 22.2 Å². The summed E-state index contributed by atoms with van der Waals surface area (Å²) >= 11 is 3.31. The Hall–Kier alpha value is -2.39. The molecule has 1 heterocycles. The Bertz CT molecular complexity index is 971. The number of rotatable bonds is 3. The lowest BCUT2D eigenvalue weighted by atomic mass is 10.2. The summed E-state index contributed by atoms with van der Waals surface area (Å²) in [5.41, 5.74) is 3.44. The number of fused-ring (bicyclic) bond motifs is 1. The number of halogens is 1. The first-order valence-electron chi connectivity index (χ1n) is 6.72. The Kier molecular flexibility index (Phi) is 4.29. The molecule has 1 aliphatic rings. The minimum Gasteiger partial charge on any atom is -0.504 e.